The summed E-state index contributed by atoms with van der Waals surface area (Å²) in [5, 5.41) is 2.51. The summed E-state index contributed by atoms with van der Waals surface area (Å²) < 4.78 is 40.9. The predicted molar refractivity (Wildman–Crippen MR) is 80.8 cm³/mol. The minimum absolute atomic E-state index is 0.102. The molecule has 3 N–H and O–H groups in total. The van der Waals surface area contributed by atoms with Crippen LogP contribution in [0.1, 0.15) is 28.3 Å². The van der Waals surface area contributed by atoms with E-state index >= 15 is 0 Å². The molecule has 0 radical (unpaired) electrons. The first kappa shape index (κ1) is 16.0. The van der Waals surface area contributed by atoms with Crippen LogP contribution in [-0.4, -0.2) is 11.8 Å². The topological polar surface area (TPSA) is 72.2 Å². The third-order valence-corrected chi connectivity index (χ3v) is 4.00. The number of carbonyl (C=O) groups excluding carboxylic acids is 2. The second kappa shape index (κ2) is 5.99. The highest BCUT2D eigenvalue weighted by Gasteiger charge is 2.46. The van der Waals surface area contributed by atoms with E-state index in [9.17, 15) is 22.8 Å². The number of hydrogen-bond donors (Lipinski definition) is 2. The molecule has 0 unspecified atom stereocenters. The molecule has 2 amide bonds. The molecule has 24 heavy (non-hydrogen) atoms. The highest BCUT2D eigenvalue weighted by atomic mass is 19.1. The Labute approximate surface area is 135 Å². The summed E-state index contributed by atoms with van der Waals surface area (Å²) >= 11 is 0. The standard InChI is InChI=1S/C17H13F3N2O2/c18-12-5-4-8(6-11(12)16(21)23)22-17(24)10-7-9(10)15-13(19)2-1-3-14(15)20/h1-6,9-10H,7H2,(H2,21,23)(H,22,24)/t9-,10-/m0/s1. The van der Waals surface area contributed by atoms with Crippen molar-refractivity contribution >= 4 is 17.5 Å². The van der Waals surface area contributed by atoms with E-state index in [1.807, 2.05) is 0 Å². The van der Waals surface area contributed by atoms with Crippen LogP contribution in [0.5, 0.6) is 0 Å². The molecule has 2 aromatic rings. The molecule has 1 aliphatic carbocycles. The normalized spacial score (nSPS) is 19.0. The van der Waals surface area contributed by atoms with Gasteiger partial charge in [-0.2, -0.15) is 0 Å². The molecule has 0 heterocycles. The number of rotatable bonds is 4. The van der Waals surface area contributed by atoms with E-state index in [1.54, 1.807) is 0 Å². The van der Waals surface area contributed by atoms with Crippen molar-refractivity contribution in [1.82, 2.24) is 0 Å². The lowest BCUT2D eigenvalue weighted by Gasteiger charge is -2.08. The predicted octanol–water partition coefficient (Wildman–Crippen LogP) is 2.95. The van der Waals surface area contributed by atoms with Gasteiger partial charge in [0.05, 0.1) is 5.56 Å². The van der Waals surface area contributed by atoms with Gasteiger partial charge in [-0.25, -0.2) is 13.2 Å². The van der Waals surface area contributed by atoms with Crippen LogP contribution in [0.4, 0.5) is 18.9 Å². The van der Waals surface area contributed by atoms with E-state index < -0.39 is 41.1 Å². The van der Waals surface area contributed by atoms with Crippen molar-refractivity contribution in [3.05, 3.63) is 65.0 Å². The van der Waals surface area contributed by atoms with Crippen molar-refractivity contribution in [2.45, 2.75) is 12.3 Å². The Bertz CT molecular complexity index is 818. The van der Waals surface area contributed by atoms with Gasteiger partial charge < -0.3 is 11.1 Å². The number of benzene rings is 2. The molecular formula is C17H13F3N2O2. The quantitative estimate of drug-likeness (QED) is 0.902. The summed E-state index contributed by atoms with van der Waals surface area (Å²) in [5.41, 5.74) is 4.78. The van der Waals surface area contributed by atoms with Gasteiger partial charge in [0.25, 0.3) is 5.91 Å². The highest BCUT2D eigenvalue weighted by molar-refractivity contribution is 5.98. The Morgan fingerprint density at radius 2 is 1.71 bits per heavy atom. The zero-order valence-electron chi connectivity index (χ0n) is 12.4. The fourth-order valence-corrected chi connectivity index (χ4v) is 2.70. The molecule has 2 atom stereocenters. The lowest BCUT2D eigenvalue weighted by Crippen LogP contribution is -2.17. The first-order chi connectivity index (χ1) is 11.4. The molecule has 3 rings (SSSR count). The molecule has 0 spiro atoms. The van der Waals surface area contributed by atoms with E-state index in [0.717, 1.165) is 24.3 Å². The molecule has 1 aliphatic rings. The van der Waals surface area contributed by atoms with Crippen LogP contribution in [0, 0.1) is 23.4 Å². The molecule has 0 saturated heterocycles. The number of carbonyl (C=O) groups is 2. The van der Waals surface area contributed by atoms with E-state index in [2.05, 4.69) is 5.32 Å². The molecule has 0 bridgehead atoms. The Hall–Kier alpha value is -2.83. The number of anilines is 1. The Kier molecular flexibility index (Phi) is 4.01. The summed E-state index contributed by atoms with van der Waals surface area (Å²) in [6.07, 6.45) is 0.313. The fourth-order valence-electron chi connectivity index (χ4n) is 2.70. The van der Waals surface area contributed by atoms with Gasteiger partial charge in [-0.15, -0.1) is 0 Å². The van der Waals surface area contributed by atoms with Gasteiger partial charge in [-0.05, 0) is 36.8 Å². The molecule has 0 aliphatic heterocycles. The molecule has 124 valence electrons. The van der Waals surface area contributed by atoms with Crippen LogP contribution in [0.2, 0.25) is 0 Å². The molecule has 1 fully saturated rings. The molecular weight excluding hydrogens is 321 g/mol. The summed E-state index contributed by atoms with van der Waals surface area (Å²) in [4.78, 5) is 23.3. The highest BCUT2D eigenvalue weighted by Crippen LogP contribution is 2.49. The number of primary amides is 1. The third-order valence-electron chi connectivity index (χ3n) is 4.00. The fraction of sp³-hybridized carbons (Fsp3) is 0.176. The third kappa shape index (κ3) is 2.97. The zero-order valence-corrected chi connectivity index (χ0v) is 12.4. The van der Waals surface area contributed by atoms with Crippen LogP contribution in [0.3, 0.4) is 0 Å². The number of amides is 2. The van der Waals surface area contributed by atoms with Gasteiger partial charge in [0.1, 0.15) is 17.5 Å². The largest absolute Gasteiger partial charge is 0.366 e. The summed E-state index contributed by atoms with van der Waals surface area (Å²) in [6.45, 7) is 0. The maximum atomic E-state index is 13.7. The van der Waals surface area contributed by atoms with Crippen molar-refractivity contribution in [1.29, 1.82) is 0 Å². The van der Waals surface area contributed by atoms with Crippen LogP contribution in [-0.2, 0) is 4.79 Å². The van der Waals surface area contributed by atoms with Crippen LogP contribution >= 0.6 is 0 Å². The molecule has 2 aromatic carbocycles. The molecule has 7 heteroatoms. The first-order valence-electron chi connectivity index (χ1n) is 7.22. The van der Waals surface area contributed by atoms with Gasteiger partial charge in [-0.3, -0.25) is 9.59 Å². The maximum absolute atomic E-state index is 13.7. The monoisotopic (exact) mass is 334 g/mol. The van der Waals surface area contributed by atoms with E-state index in [1.165, 1.54) is 12.1 Å². The van der Waals surface area contributed by atoms with E-state index in [-0.39, 0.29) is 16.8 Å². The van der Waals surface area contributed by atoms with Gasteiger partial charge in [0.15, 0.2) is 0 Å². The average molecular weight is 334 g/mol. The van der Waals surface area contributed by atoms with Crippen molar-refractivity contribution < 1.29 is 22.8 Å². The van der Waals surface area contributed by atoms with E-state index in [0.29, 0.717) is 6.42 Å². The first-order valence-corrected chi connectivity index (χ1v) is 7.22. The lowest BCUT2D eigenvalue weighted by atomic mass is 10.1. The van der Waals surface area contributed by atoms with Crippen LogP contribution in [0.25, 0.3) is 0 Å². The van der Waals surface area contributed by atoms with Gasteiger partial charge in [-0.1, -0.05) is 6.07 Å². The SMILES string of the molecule is NC(=O)c1cc(NC(=O)[C@H]2C[C@@H]2c2c(F)cccc2F)ccc1F. The maximum Gasteiger partial charge on any atom is 0.251 e. The van der Waals surface area contributed by atoms with E-state index in [4.69, 9.17) is 5.73 Å². The summed E-state index contributed by atoms with van der Waals surface area (Å²) in [6, 6.07) is 6.96. The number of halogens is 3. The summed E-state index contributed by atoms with van der Waals surface area (Å²) in [5.74, 6) is -4.70. The van der Waals surface area contributed by atoms with Crippen molar-refractivity contribution in [2.24, 2.45) is 11.7 Å². The zero-order chi connectivity index (χ0) is 17.4. The smallest absolute Gasteiger partial charge is 0.251 e. The minimum atomic E-state index is -0.957. The number of hydrogen-bond acceptors (Lipinski definition) is 2. The minimum Gasteiger partial charge on any atom is -0.366 e. The second-order valence-electron chi connectivity index (χ2n) is 5.63. The molecule has 1 saturated carbocycles. The second-order valence-corrected chi connectivity index (χ2v) is 5.63. The number of nitrogens with one attached hydrogen (secondary N) is 1. The molecule has 4 nitrogen and oxygen atoms in total. The van der Waals surface area contributed by atoms with Gasteiger partial charge in [0, 0.05) is 23.1 Å². The summed E-state index contributed by atoms with van der Waals surface area (Å²) in [7, 11) is 0. The van der Waals surface area contributed by atoms with Gasteiger partial charge in [0.2, 0.25) is 5.91 Å². The Morgan fingerprint density at radius 3 is 2.33 bits per heavy atom. The Balaban J connectivity index is 1.74. The lowest BCUT2D eigenvalue weighted by molar-refractivity contribution is -0.117. The van der Waals surface area contributed by atoms with Gasteiger partial charge >= 0.3 is 0 Å². The Morgan fingerprint density at radius 1 is 1.04 bits per heavy atom. The van der Waals surface area contributed by atoms with Crippen molar-refractivity contribution in [3.8, 4) is 0 Å². The van der Waals surface area contributed by atoms with Crippen molar-refractivity contribution in [2.75, 3.05) is 5.32 Å². The van der Waals surface area contributed by atoms with Crippen molar-refractivity contribution in [3.63, 3.8) is 0 Å². The van der Waals surface area contributed by atoms with Crippen LogP contribution in [0.15, 0.2) is 36.4 Å². The average Bonchev–Trinajstić information content (AvgIpc) is 3.29. The molecule has 0 aromatic heterocycles. The number of nitrogens with two attached hydrogens (primary N) is 1. The van der Waals surface area contributed by atoms with Crippen LogP contribution < -0.4 is 11.1 Å².